The highest BCUT2D eigenvalue weighted by atomic mass is 127. The van der Waals surface area contributed by atoms with Crippen molar-refractivity contribution in [1.29, 1.82) is 0 Å². The molecule has 142 heavy (non-hydrogen) atoms. The molecule has 0 atom stereocenters. The van der Waals surface area contributed by atoms with Gasteiger partial charge < -0.3 is 10.0 Å². The second-order valence-corrected chi connectivity index (χ2v) is 51.4. The Morgan fingerprint density at radius 1 is 0.169 bits per heavy atom. The highest BCUT2D eigenvalue weighted by Gasteiger charge is 2.43. The van der Waals surface area contributed by atoms with Crippen LogP contribution in [0.25, 0.3) is 120 Å². The van der Waals surface area contributed by atoms with E-state index >= 15 is 0 Å². The van der Waals surface area contributed by atoms with Crippen molar-refractivity contribution in [2.24, 2.45) is 0 Å². The zero-order chi connectivity index (χ0) is 96.6. The minimum Gasteiger partial charge on any atom is -0.423 e. The van der Waals surface area contributed by atoms with Crippen LogP contribution in [0.3, 0.4) is 0 Å². The summed E-state index contributed by atoms with van der Waals surface area (Å²) in [5.74, 6) is 0. The van der Waals surface area contributed by atoms with Gasteiger partial charge in [-0.25, -0.2) is 0 Å². The Hall–Kier alpha value is -14.0. The van der Waals surface area contributed by atoms with Crippen molar-refractivity contribution in [3.05, 3.63) is 587 Å². The number of hydrogen-bond acceptors (Lipinski definition) is 2. The summed E-state index contributed by atoms with van der Waals surface area (Å²) < 4.78 is 3.86. The van der Waals surface area contributed by atoms with Gasteiger partial charge in [0.1, 0.15) is 0 Å². The lowest BCUT2D eigenvalue weighted by molar-refractivity contribution is 0.426. The van der Waals surface area contributed by atoms with Crippen LogP contribution >= 0.6 is 78.9 Å². The second kappa shape index (κ2) is 44.4. The molecule has 10 heteroatoms. The summed E-state index contributed by atoms with van der Waals surface area (Å²) >= 11 is 14.2. The molecular formula is C132H97BClI3O2Si3. The van der Waals surface area contributed by atoms with Crippen molar-refractivity contribution in [2.45, 2.75) is 0 Å². The predicted molar refractivity (Wildman–Crippen MR) is 643 cm³/mol. The first-order chi connectivity index (χ1) is 69.9. The van der Waals surface area contributed by atoms with Gasteiger partial charge in [0.15, 0.2) is 16.1 Å². The third-order valence-corrected chi connectivity index (χ3v) is 44.2. The predicted octanol–water partition coefficient (Wildman–Crippen LogP) is 27.1. The van der Waals surface area contributed by atoms with E-state index in [2.05, 4.69) is 602 Å². The van der Waals surface area contributed by atoms with Crippen LogP contribution in [0.4, 0.5) is 0 Å². The lowest BCUT2D eigenvalue weighted by atomic mass is 9.78. The maximum atomic E-state index is 9.77. The van der Waals surface area contributed by atoms with E-state index in [1.165, 1.54) is 166 Å². The number of halogens is 4. The molecule has 0 aliphatic heterocycles. The van der Waals surface area contributed by atoms with Crippen LogP contribution in [-0.2, 0) is 0 Å². The third kappa shape index (κ3) is 19.7. The monoisotopic (exact) mass is 2220 g/mol. The Balaban J connectivity index is 0.000000121. The van der Waals surface area contributed by atoms with Gasteiger partial charge in [-0.05, 0) is 293 Å². The highest BCUT2D eigenvalue weighted by Crippen LogP contribution is 2.48. The zero-order valence-corrected chi connectivity index (χ0v) is 88.1. The Morgan fingerprint density at radius 3 is 0.676 bits per heavy atom. The van der Waals surface area contributed by atoms with Crippen LogP contribution in [0.1, 0.15) is 0 Å². The van der Waals surface area contributed by atoms with Gasteiger partial charge in [-0.3, -0.25) is 0 Å². The van der Waals surface area contributed by atoms with Gasteiger partial charge >= 0.3 is 7.12 Å². The maximum absolute atomic E-state index is 9.77. The summed E-state index contributed by atoms with van der Waals surface area (Å²) in [6.45, 7) is 0. The normalized spacial score (nSPS) is 11.3. The van der Waals surface area contributed by atoms with Gasteiger partial charge in [-0.15, -0.1) is 11.1 Å². The molecule has 0 spiro atoms. The van der Waals surface area contributed by atoms with Crippen LogP contribution in [-0.4, -0.2) is 40.7 Å². The number of benzene rings is 24. The average molecular weight is 2230 g/mol. The summed E-state index contributed by atoms with van der Waals surface area (Å²) in [6, 6.07) is 207. The first-order valence-corrected chi connectivity index (χ1v) is 58.1. The summed E-state index contributed by atoms with van der Waals surface area (Å²) in [5, 5.41) is 49.1. The molecule has 24 rings (SSSR count). The van der Waals surface area contributed by atoms with Crippen molar-refractivity contribution >= 4 is 237 Å². The molecule has 0 amide bonds. The van der Waals surface area contributed by atoms with Crippen LogP contribution in [0, 0.1) is 10.7 Å². The molecule has 0 unspecified atom stereocenters. The van der Waals surface area contributed by atoms with Crippen LogP contribution < -0.4 is 62.5 Å². The molecule has 24 aromatic rings. The highest BCUT2D eigenvalue weighted by molar-refractivity contribution is 14.1. The molecule has 2 N–H and O–H groups in total. The van der Waals surface area contributed by atoms with E-state index in [4.69, 9.17) is 11.1 Å². The standard InChI is InChI=1S/C54H38Si.C30H21BO2.C24H19ISi.C18H15ClSi.C6H4I2/c1-4-22-43(23-5-1)55(44-24-6-2-7-25-44,45-26-8-3-9-27-45)46-36-34-39(35-37-46)41-20-16-21-42(38-41)53-49-29-12-14-31-51(49)54(52-32-15-13-30-50(52)53)48-33-17-19-40-18-10-11-28-47(40)48;32-31(33)22-12-7-11-21(19-22)29-25-14-3-5-16-27(25)30(28-17-6-4-15-26(28)29)24-18-8-10-20-9-1-2-13-23(20)24;25-20-16-18-24(19-17-20)26(21-10-4-1-5-11-21,22-12-6-2-7-13-22)23-14-8-3-9-15-23;19-20(16-10-4-1-5-11-16,17-12-6-2-7-13-17)18-14-8-3-9-15-18;7-5-1-2-6(8)4-3-5/h1-38H;1-19,32-33H;1-19H;1-15H;1-4H. The van der Waals surface area contributed by atoms with Gasteiger partial charge in [0.2, 0.25) is 7.38 Å². The van der Waals surface area contributed by atoms with Gasteiger partial charge in [0.05, 0.1) is 0 Å². The molecule has 0 heterocycles. The van der Waals surface area contributed by atoms with Gasteiger partial charge in [0.25, 0.3) is 0 Å². The van der Waals surface area contributed by atoms with E-state index < -0.39 is 30.6 Å². The molecular weight excluding hydrogens is 2130 g/mol. The van der Waals surface area contributed by atoms with Crippen LogP contribution in [0.15, 0.2) is 576 Å². The molecule has 0 aliphatic carbocycles. The summed E-state index contributed by atoms with van der Waals surface area (Å²) in [7, 11) is -8.83. The molecule has 680 valence electrons. The van der Waals surface area contributed by atoms with Gasteiger partial charge in [-0.2, -0.15) is 0 Å². The van der Waals surface area contributed by atoms with Crippen LogP contribution in [0.2, 0.25) is 0 Å². The second-order valence-electron chi connectivity index (χ2n) is 35.3. The first kappa shape index (κ1) is 95.5. The Labute approximate surface area is 880 Å². The molecule has 2 nitrogen and oxygen atoms in total. The average Bonchev–Trinajstić information content (AvgIpc) is 0.727. The molecule has 0 radical (unpaired) electrons. The number of rotatable bonds is 17. The zero-order valence-electron chi connectivity index (χ0n) is 77.8. The van der Waals surface area contributed by atoms with E-state index in [9.17, 15) is 10.0 Å². The van der Waals surface area contributed by atoms with E-state index in [1.54, 1.807) is 6.07 Å². The summed E-state index contributed by atoms with van der Waals surface area (Å²) in [5.41, 5.74) is 12.5. The van der Waals surface area contributed by atoms with Gasteiger partial charge in [-0.1, -0.05) is 534 Å². The van der Waals surface area contributed by atoms with E-state index in [0.717, 1.165) is 21.9 Å². The van der Waals surface area contributed by atoms with Crippen molar-refractivity contribution < 1.29 is 10.0 Å². The van der Waals surface area contributed by atoms with E-state index in [-0.39, 0.29) is 0 Å². The first-order valence-electron chi connectivity index (χ1n) is 47.8. The van der Waals surface area contributed by atoms with Crippen molar-refractivity contribution in [3.8, 4) is 55.6 Å². The largest absolute Gasteiger partial charge is 0.488 e. The van der Waals surface area contributed by atoms with Crippen LogP contribution in [0.5, 0.6) is 0 Å². The topological polar surface area (TPSA) is 40.5 Å². The van der Waals surface area contributed by atoms with Crippen molar-refractivity contribution in [2.75, 3.05) is 0 Å². The fourth-order valence-corrected chi connectivity index (χ4v) is 35.4. The van der Waals surface area contributed by atoms with Crippen molar-refractivity contribution in [3.63, 3.8) is 0 Å². The lowest BCUT2D eigenvalue weighted by Gasteiger charge is -2.34. The minimum absolute atomic E-state index is 0.485. The fraction of sp³-hybridized carbons (Fsp3) is 0. The fourth-order valence-electron chi connectivity index (χ4n) is 20.7. The van der Waals surface area contributed by atoms with E-state index in [1.807, 2.05) is 36.4 Å². The maximum Gasteiger partial charge on any atom is 0.488 e. The number of fused-ring (bicyclic) bond motifs is 6. The minimum atomic E-state index is -2.60. The third-order valence-electron chi connectivity index (χ3n) is 27.1. The molecule has 0 aromatic heterocycles. The smallest absolute Gasteiger partial charge is 0.423 e. The molecule has 24 aromatic carbocycles. The van der Waals surface area contributed by atoms with Crippen molar-refractivity contribution in [1.82, 2.24) is 0 Å². The SMILES string of the molecule is Cl[Si](c1ccccc1)(c1ccccc1)c1ccccc1.Ic1ccc(I)cc1.Ic1ccc([Si](c2ccccc2)(c2ccccc2)c2ccccc2)cc1.OB(O)c1cccc(-c2c3ccccc3c(-c3cccc4ccccc34)c3ccccc23)c1.c1ccc([Si](c2ccccc2)(c2ccccc2)c2ccc(-c3cccc(-c4c5ccccc5c(-c5cccc6ccccc56)c5ccccc45)c3)cc2)cc1. The molecule has 0 aliphatic rings. The molecule has 0 saturated carbocycles. The summed E-state index contributed by atoms with van der Waals surface area (Å²) in [6.07, 6.45) is 0. The molecule has 0 bridgehead atoms. The van der Waals surface area contributed by atoms with E-state index in [0.29, 0.717) is 5.46 Å². The quantitative estimate of drug-likeness (QED) is 0.0314. The van der Waals surface area contributed by atoms with Gasteiger partial charge in [0, 0.05) is 10.7 Å². The lowest BCUT2D eigenvalue weighted by Crippen LogP contribution is -2.74. The Morgan fingerprint density at radius 2 is 0.380 bits per heavy atom. The molecule has 0 saturated heterocycles. The number of hydrogen-bond donors (Lipinski definition) is 2. The summed E-state index contributed by atoms with van der Waals surface area (Å²) in [4.78, 5) is 0. The Kier molecular flexibility index (Phi) is 29.9. The molecule has 0 fully saturated rings. The Bertz CT molecular complexity index is 8010.